The van der Waals surface area contributed by atoms with E-state index in [1.807, 2.05) is 24.3 Å². The summed E-state index contributed by atoms with van der Waals surface area (Å²) in [4.78, 5) is 0. The van der Waals surface area contributed by atoms with Gasteiger partial charge in [-0.2, -0.15) is 0 Å². The highest BCUT2D eigenvalue weighted by Gasteiger charge is 2.08. The molecule has 0 heterocycles. The van der Waals surface area contributed by atoms with Crippen LogP contribution in [0.2, 0.25) is 5.02 Å². The fraction of sp³-hybridized carbons (Fsp3) is 0.294. The second kappa shape index (κ2) is 8.01. The Balaban J connectivity index is 2.06. The molecule has 0 saturated heterocycles. The molecule has 0 aliphatic heterocycles. The Hall–Kier alpha value is -1.58. The lowest BCUT2D eigenvalue weighted by molar-refractivity contribution is 0.301. The number of rotatable bonds is 7. The van der Waals surface area contributed by atoms with Crippen molar-refractivity contribution >= 4 is 11.6 Å². The van der Waals surface area contributed by atoms with Crippen LogP contribution in [0.15, 0.2) is 42.5 Å². The Morgan fingerprint density at radius 1 is 1.19 bits per heavy atom. The molecule has 0 aliphatic carbocycles. The molecule has 2 nitrogen and oxygen atoms in total. The summed E-state index contributed by atoms with van der Waals surface area (Å²) in [5, 5.41) is 3.99. The number of hydrogen-bond acceptors (Lipinski definition) is 2. The number of ether oxygens (including phenoxy) is 1. The van der Waals surface area contributed by atoms with Gasteiger partial charge >= 0.3 is 0 Å². The lowest BCUT2D eigenvalue weighted by Crippen LogP contribution is -2.15. The molecule has 2 rings (SSSR count). The summed E-state index contributed by atoms with van der Waals surface area (Å²) in [6.07, 6.45) is 1.06. The molecule has 1 N–H and O–H groups in total. The van der Waals surface area contributed by atoms with Crippen LogP contribution in [0.4, 0.5) is 4.39 Å². The minimum atomic E-state index is -0.257. The Kier molecular flexibility index (Phi) is 6.03. The van der Waals surface area contributed by atoms with E-state index in [0.29, 0.717) is 18.2 Å². The topological polar surface area (TPSA) is 21.3 Å². The zero-order chi connectivity index (χ0) is 15.1. The highest BCUT2D eigenvalue weighted by atomic mass is 35.5. The predicted octanol–water partition coefficient (Wildman–Crippen LogP) is 4.56. The van der Waals surface area contributed by atoms with Gasteiger partial charge < -0.3 is 10.1 Å². The molecule has 0 bridgehead atoms. The van der Waals surface area contributed by atoms with Crippen LogP contribution in [0.25, 0.3) is 0 Å². The third-order valence-corrected chi connectivity index (χ3v) is 3.44. The molecule has 0 radical (unpaired) electrons. The van der Waals surface area contributed by atoms with Crippen LogP contribution >= 0.6 is 11.6 Å². The molecule has 2 aromatic rings. The van der Waals surface area contributed by atoms with Gasteiger partial charge in [0, 0.05) is 17.1 Å². The van der Waals surface area contributed by atoms with E-state index >= 15 is 0 Å². The fourth-order valence-electron chi connectivity index (χ4n) is 2.02. The molecule has 0 fully saturated rings. The summed E-state index contributed by atoms with van der Waals surface area (Å²) in [5.41, 5.74) is 1.73. The number of halogens is 2. The number of nitrogens with one attached hydrogen (secondary N) is 1. The standard InChI is InChI=1S/C17H19ClFNO/c1-2-9-20-11-15-16(18)7-4-8-17(15)21-12-13-5-3-6-14(19)10-13/h3-8,10,20H,2,9,11-12H2,1H3. The quantitative estimate of drug-likeness (QED) is 0.757. The van der Waals surface area contributed by atoms with Gasteiger partial charge in [-0.1, -0.05) is 36.7 Å². The van der Waals surface area contributed by atoms with E-state index in [1.54, 1.807) is 6.07 Å². The summed E-state index contributed by atoms with van der Waals surface area (Å²) in [5.74, 6) is 0.474. The maximum atomic E-state index is 13.2. The minimum absolute atomic E-state index is 0.257. The second-order valence-electron chi connectivity index (χ2n) is 4.81. The van der Waals surface area contributed by atoms with Gasteiger partial charge in [0.05, 0.1) is 0 Å². The van der Waals surface area contributed by atoms with E-state index in [4.69, 9.17) is 16.3 Å². The van der Waals surface area contributed by atoms with Gasteiger partial charge in [0.2, 0.25) is 0 Å². The zero-order valence-electron chi connectivity index (χ0n) is 12.0. The Bertz CT molecular complexity index is 589. The summed E-state index contributed by atoms with van der Waals surface area (Å²) in [6.45, 7) is 4.01. The molecule has 21 heavy (non-hydrogen) atoms. The van der Waals surface area contributed by atoms with Gasteiger partial charge in [0.15, 0.2) is 0 Å². The highest BCUT2D eigenvalue weighted by Crippen LogP contribution is 2.27. The van der Waals surface area contributed by atoms with Crippen LogP contribution in [-0.4, -0.2) is 6.54 Å². The van der Waals surface area contributed by atoms with E-state index < -0.39 is 0 Å². The lowest BCUT2D eigenvalue weighted by atomic mass is 10.2. The monoisotopic (exact) mass is 307 g/mol. The van der Waals surface area contributed by atoms with Crippen LogP contribution in [0.1, 0.15) is 24.5 Å². The molecule has 0 aromatic heterocycles. The maximum absolute atomic E-state index is 13.2. The molecule has 0 unspecified atom stereocenters. The molecular formula is C17H19ClFNO. The first-order valence-corrected chi connectivity index (χ1v) is 7.44. The van der Waals surface area contributed by atoms with Crippen molar-refractivity contribution in [3.63, 3.8) is 0 Å². The van der Waals surface area contributed by atoms with Crippen molar-refractivity contribution in [1.82, 2.24) is 5.32 Å². The summed E-state index contributed by atoms with van der Waals surface area (Å²) in [7, 11) is 0. The molecule has 4 heteroatoms. The Morgan fingerprint density at radius 2 is 2.00 bits per heavy atom. The van der Waals surface area contributed by atoms with E-state index in [-0.39, 0.29) is 5.82 Å². The first-order chi connectivity index (χ1) is 10.2. The smallest absolute Gasteiger partial charge is 0.125 e. The van der Waals surface area contributed by atoms with E-state index in [9.17, 15) is 4.39 Å². The van der Waals surface area contributed by atoms with Gasteiger partial charge in [0.25, 0.3) is 0 Å². The van der Waals surface area contributed by atoms with Crippen LogP contribution in [0.5, 0.6) is 5.75 Å². The SMILES string of the molecule is CCCNCc1c(Cl)cccc1OCc1cccc(F)c1. The first-order valence-electron chi connectivity index (χ1n) is 7.06. The fourth-order valence-corrected chi connectivity index (χ4v) is 2.26. The molecular weight excluding hydrogens is 289 g/mol. The third kappa shape index (κ3) is 4.73. The highest BCUT2D eigenvalue weighted by molar-refractivity contribution is 6.31. The van der Waals surface area contributed by atoms with Gasteiger partial charge in [-0.3, -0.25) is 0 Å². The van der Waals surface area contributed by atoms with E-state index in [1.165, 1.54) is 12.1 Å². The average Bonchev–Trinajstić information content (AvgIpc) is 2.47. The number of benzene rings is 2. The molecule has 0 atom stereocenters. The molecule has 0 saturated carbocycles. The number of hydrogen-bond donors (Lipinski definition) is 1. The van der Waals surface area contributed by atoms with E-state index in [2.05, 4.69) is 12.2 Å². The first kappa shape index (κ1) is 15.8. The largest absolute Gasteiger partial charge is 0.489 e. The van der Waals surface area contributed by atoms with Crippen molar-refractivity contribution in [2.24, 2.45) is 0 Å². The lowest BCUT2D eigenvalue weighted by Gasteiger charge is -2.13. The van der Waals surface area contributed by atoms with Crippen molar-refractivity contribution in [2.45, 2.75) is 26.5 Å². The van der Waals surface area contributed by atoms with Gasteiger partial charge in [-0.25, -0.2) is 4.39 Å². The Labute approximate surface area is 129 Å². The molecule has 0 aliphatic rings. The summed E-state index contributed by atoms with van der Waals surface area (Å²) >= 11 is 6.24. The van der Waals surface area contributed by atoms with Crippen molar-refractivity contribution in [3.05, 3.63) is 64.4 Å². The van der Waals surface area contributed by atoms with Crippen LogP contribution < -0.4 is 10.1 Å². The van der Waals surface area contributed by atoms with Gasteiger partial charge in [0.1, 0.15) is 18.2 Å². The van der Waals surface area contributed by atoms with Crippen LogP contribution in [-0.2, 0) is 13.2 Å². The average molecular weight is 308 g/mol. The van der Waals surface area contributed by atoms with Crippen LogP contribution in [0.3, 0.4) is 0 Å². The molecule has 0 amide bonds. The third-order valence-electron chi connectivity index (χ3n) is 3.09. The predicted molar refractivity (Wildman–Crippen MR) is 84.2 cm³/mol. The van der Waals surface area contributed by atoms with Crippen molar-refractivity contribution in [3.8, 4) is 5.75 Å². The minimum Gasteiger partial charge on any atom is -0.489 e. The van der Waals surface area contributed by atoms with E-state index in [0.717, 1.165) is 29.8 Å². The second-order valence-corrected chi connectivity index (χ2v) is 5.22. The van der Waals surface area contributed by atoms with Crippen molar-refractivity contribution < 1.29 is 9.13 Å². The van der Waals surface area contributed by atoms with Gasteiger partial charge in [-0.15, -0.1) is 0 Å². The molecule has 2 aromatic carbocycles. The Morgan fingerprint density at radius 3 is 2.76 bits per heavy atom. The summed E-state index contributed by atoms with van der Waals surface area (Å²) < 4.78 is 19.0. The van der Waals surface area contributed by atoms with Crippen molar-refractivity contribution in [1.29, 1.82) is 0 Å². The zero-order valence-corrected chi connectivity index (χ0v) is 12.8. The molecule has 112 valence electrons. The maximum Gasteiger partial charge on any atom is 0.125 e. The van der Waals surface area contributed by atoms with Crippen molar-refractivity contribution in [2.75, 3.05) is 6.54 Å². The summed E-state index contributed by atoms with van der Waals surface area (Å²) in [6, 6.07) is 12.0. The van der Waals surface area contributed by atoms with Crippen LogP contribution in [0, 0.1) is 5.82 Å². The van der Waals surface area contributed by atoms with Gasteiger partial charge in [-0.05, 0) is 42.8 Å². The normalized spacial score (nSPS) is 10.6. The molecule has 0 spiro atoms.